The summed E-state index contributed by atoms with van der Waals surface area (Å²) >= 11 is 0. The van der Waals surface area contributed by atoms with E-state index in [-0.39, 0.29) is 33.7 Å². The van der Waals surface area contributed by atoms with Crippen LogP contribution in [-0.2, 0) is 21.7 Å². The molecule has 5 nitrogen and oxygen atoms in total. The number of fused-ring (bicyclic) bond motifs is 5. The van der Waals surface area contributed by atoms with E-state index < -0.39 is 7.51 Å². The number of hydrogen-bond acceptors (Lipinski definition) is 5. The van der Waals surface area contributed by atoms with Crippen LogP contribution in [-0.4, -0.2) is 12.1 Å². The molecule has 40 heavy (non-hydrogen) atoms. The Bertz CT molecular complexity index is 1220. The summed E-state index contributed by atoms with van der Waals surface area (Å²) in [6, 6.07) is 9.62. The predicted molar refractivity (Wildman–Crippen MR) is 175 cm³/mol. The molecule has 4 rings (SSSR count). The number of benzene rings is 2. The third-order valence-electron chi connectivity index (χ3n) is 7.80. The Morgan fingerprint density at radius 3 is 1.12 bits per heavy atom. The van der Waals surface area contributed by atoms with Gasteiger partial charge in [0.05, 0.1) is 0 Å². The van der Waals surface area contributed by atoms with Gasteiger partial charge < -0.3 is 0 Å². The van der Waals surface area contributed by atoms with Crippen molar-refractivity contribution in [3.05, 3.63) is 46.5 Å². The van der Waals surface area contributed by atoms with E-state index in [0.29, 0.717) is 0 Å². The third kappa shape index (κ3) is 5.05. The van der Waals surface area contributed by atoms with Gasteiger partial charge in [0.25, 0.3) is 0 Å². The Morgan fingerprint density at radius 1 is 0.550 bits per heavy atom. The van der Waals surface area contributed by atoms with Crippen molar-refractivity contribution in [1.29, 1.82) is 0 Å². The zero-order chi connectivity index (χ0) is 30.5. The van der Waals surface area contributed by atoms with Crippen molar-refractivity contribution in [3.8, 4) is 11.5 Å². The molecule has 0 aliphatic carbocycles. The molecule has 6 heteroatoms. The molecule has 0 unspecified atom stereocenters. The molecular weight excluding hydrogens is 513 g/mol. The van der Waals surface area contributed by atoms with Crippen LogP contribution < -0.4 is 23.9 Å². The molecule has 0 aromatic heterocycles. The molecule has 0 saturated carbocycles. The normalized spacial score (nSPS) is 19.1. The van der Waals surface area contributed by atoms with Crippen LogP contribution in [0.4, 0.5) is 11.4 Å². The number of nitrogens with one attached hydrogen (secondary N) is 2. The van der Waals surface area contributed by atoms with Gasteiger partial charge in [-0.1, -0.05) is 0 Å². The zero-order valence-electron chi connectivity index (χ0n) is 28.2. The van der Waals surface area contributed by atoms with Crippen LogP contribution in [0.2, 0.25) is 0 Å². The van der Waals surface area contributed by atoms with E-state index in [1.54, 1.807) is 0 Å². The maximum absolute atomic E-state index is 7.44. The molecule has 2 aliphatic rings. The van der Waals surface area contributed by atoms with E-state index in [4.69, 9.17) is 9.05 Å². The Morgan fingerprint density at radius 2 is 0.875 bits per heavy atom. The molecule has 0 radical (unpaired) electrons. The van der Waals surface area contributed by atoms with Gasteiger partial charge in [-0.2, -0.15) is 0 Å². The van der Waals surface area contributed by atoms with Crippen LogP contribution >= 0.6 is 7.51 Å². The topological polar surface area (TPSA) is 45.8 Å². The van der Waals surface area contributed by atoms with Gasteiger partial charge in [-0.25, -0.2) is 0 Å². The van der Waals surface area contributed by atoms with Crippen molar-refractivity contribution < 1.29 is 9.05 Å². The van der Waals surface area contributed by atoms with Crippen LogP contribution in [0.3, 0.4) is 0 Å². The average molecular weight is 570 g/mol. The zero-order valence-corrected chi connectivity index (χ0v) is 29.1. The van der Waals surface area contributed by atoms with Gasteiger partial charge in [-0.3, -0.25) is 0 Å². The maximum atomic E-state index is 7.44. The summed E-state index contributed by atoms with van der Waals surface area (Å²) in [5.41, 5.74) is 6.87. The molecule has 2 aromatic carbocycles. The van der Waals surface area contributed by atoms with Crippen molar-refractivity contribution in [1.82, 2.24) is 10.2 Å². The van der Waals surface area contributed by atoms with Gasteiger partial charge in [-0.15, -0.1) is 0 Å². The summed E-state index contributed by atoms with van der Waals surface area (Å²) in [6.45, 7) is 36.1. The van der Waals surface area contributed by atoms with Gasteiger partial charge in [0, 0.05) is 0 Å². The summed E-state index contributed by atoms with van der Waals surface area (Å²) < 4.78 is 17.3. The first-order chi connectivity index (χ1) is 17.9. The fraction of sp³-hybridized carbons (Fsp3) is 0.647. The van der Waals surface area contributed by atoms with Crippen molar-refractivity contribution in [2.24, 2.45) is 0 Å². The van der Waals surface area contributed by atoms with E-state index in [0.717, 1.165) is 22.9 Å². The van der Waals surface area contributed by atoms with E-state index in [9.17, 15) is 0 Å². The SMILES string of the molecule is CC(C)NP12(NC(C)C)Oc3c(cc(C(C)(C)C)cc3C(C)(C)C)N1c1cc(C(C)(C)C)cc(C(C)(C)C)c1O2. The number of hydrogen-bond donors (Lipinski definition) is 2. The molecule has 0 saturated heterocycles. The van der Waals surface area contributed by atoms with Crippen LogP contribution in [0, 0.1) is 0 Å². The molecule has 0 fully saturated rings. The van der Waals surface area contributed by atoms with Gasteiger partial charge in [0.1, 0.15) is 0 Å². The summed E-state index contributed by atoms with van der Waals surface area (Å²) in [6.07, 6.45) is 0. The first kappa shape index (κ1) is 31.1. The van der Waals surface area contributed by atoms with Crippen LogP contribution in [0.5, 0.6) is 11.5 Å². The summed E-state index contributed by atoms with van der Waals surface area (Å²) in [7, 11) is -3.96. The van der Waals surface area contributed by atoms with Crippen LogP contribution in [0.25, 0.3) is 0 Å². The Labute approximate surface area is 245 Å². The molecule has 0 bridgehead atoms. The average Bonchev–Trinajstić information content (AvgIpc) is 3.13. The fourth-order valence-electron chi connectivity index (χ4n) is 5.84. The van der Waals surface area contributed by atoms with E-state index in [1.807, 2.05) is 0 Å². The molecule has 0 atom stereocenters. The minimum atomic E-state index is -3.96. The molecule has 0 amide bonds. The van der Waals surface area contributed by atoms with Crippen molar-refractivity contribution in [3.63, 3.8) is 0 Å². The van der Waals surface area contributed by atoms with Crippen molar-refractivity contribution in [2.45, 2.75) is 145 Å². The van der Waals surface area contributed by atoms with Gasteiger partial charge >= 0.3 is 245 Å². The first-order valence-corrected chi connectivity index (χ1v) is 17.1. The Balaban J connectivity index is 2.22. The first-order valence-electron chi connectivity index (χ1n) is 15.1. The third-order valence-corrected chi connectivity index (χ3v) is 11.9. The van der Waals surface area contributed by atoms with Gasteiger partial charge in [0.2, 0.25) is 0 Å². The molecular formula is C34H56N3O2P. The van der Waals surface area contributed by atoms with E-state index in [1.165, 1.54) is 22.3 Å². The molecule has 224 valence electrons. The van der Waals surface area contributed by atoms with E-state index >= 15 is 0 Å². The summed E-state index contributed by atoms with van der Waals surface area (Å²) in [5.74, 6) is 1.84. The number of rotatable bonds is 4. The fourth-order valence-corrected chi connectivity index (χ4v) is 10.5. The molecule has 2 heterocycles. The molecule has 2 N–H and O–H groups in total. The number of anilines is 2. The van der Waals surface area contributed by atoms with Crippen molar-refractivity contribution >= 4 is 18.9 Å². The van der Waals surface area contributed by atoms with Crippen molar-refractivity contribution in [2.75, 3.05) is 4.67 Å². The van der Waals surface area contributed by atoms with Crippen LogP contribution in [0.1, 0.15) is 133 Å². The standard InChI is InChI=1S/C34H56N3O2P/c1-21(2)35-40(36-22(3)4)37(27-19-23(31(5,6)7)17-25(29(27)38-40)33(11,12)13)28-20-24(32(8,9)10)18-26(30(28)39-40)34(14,15)16/h17-22,35-36H,1-16H3. The molecule has 2 aromatic rings. The second-order valence-electron chi connectivity index (χ2n) is 16.7. The second kappa shape index (κ2) is 9.09. The molecule has 2 aliphatic heterocycles. The Kier molecular flexibility index (Phi) is 7.08. The van der Waals surface area contributed by atoms with Gasteiger partial charge in [0.15, 0.2) is 0 Å². The molecule has 0 spiro atoms. The predicted octanol–water partition coefficient (Wildman–Crippen LogP) is 9.92. The van der Waals surface area contributed by atoms with Crippen LogP contribution in [0.15, 0.2) is 24.3 Å². The monoisotopic (exact) mass is 569 g/mol. The van der Waals surface area contributed by atoms with E-state index in [2.05, 4.69) is 150 Å². The quantitative estimate of drug-likeness (QED) is 0.359. The minimum absolute atomic E-state index is 0.0295. The number of nitrogens with zero attached hydrogens (tertiary/aromatic N) is 1. The summed E-state index contributed by atoms with van der Waals surface area (Å²) in [4.78, 5) is 0. The van der Waals surface area contributed by atoms with Gasteiger partial charge in [-0.05, 0) is 0 Å². The summed E-state index contributed by atoms with van der Waals surface area (Å²) in [5, 5.41) is 7.86. The Hall–Kier alpha value is -1.81. The second-order valence-corrected chi connectivity index (χ2v) is 19.8.